The number of rotatable bonds is 6. The highest BCUT2D eigenvalue weighted by Crippen LogP contribution is 2.27. The van der Waals surface area contributed by atoms with E-state index in [9.17, 15) is 9.59 Å². The van der Waals surface area contributed by atoms with Crippen LogP contribution in [-0.4, -0.2) is 47.6 Å². The minimum Gasteiger partial charge on any atom is -0.490 e. The van der Waals surface area contributed by atoms with Crippen molar-refractivity contribution in [2.45, 2.75) is 37.8 Å². The third-order valence-electron chi connectivity index (χ3n) is 5.68. The minimum atomic E-state index is -0.239. The first-order chi connectivity index (χ1) is 15.1. The van der Waals surface area contributed by atoms with Crippen molar-refractivity contribution in [3.63, 3.8) is 0 Å². The highest BCUT2D eigenvalue weighted by Gasteiger charge is 2.28. The van der Waals surface area contributed by atoms with Gasteiger partial charge in [0.25, 0.3) is 5.91 Å². The van der Waals surface area contributed by atoms with Gasteiger partial charge in [0.1, 0.15) is 18.1 Å². The molecule has 0 atom stereocenters. The highest BCUT2D eigenvalue weighted by molar-refractivity contribution is 6.31. The van der Waals surface area contributed by atoms with Gasteiger partial charge in [0.05, 0.1) is 16.7 Å². The number of amides is 1. The molecular formula is C22H22ClN5O3. The number of benzene rings is 1. The number of halogens is 1. The van der Waals surface area contributed by atoms with Crippen LogP contribution in [0.3, 0.4) is 0 Å². The zero-order valence-corrected chi connectivity index (χ0v) is 17.6. The van der Waals surface area contributed by atoms with Crippen molar-refractivity contribution < 1.29 is 14.3 Å². The number of ether oxygens (including phenoxy) is 1. The number of carbonyl (C=O) groups excluding carboxylic acids is 2. The summed E-state index contributed by atoms with van der Waals surface area (Å²) >= 11 is 6.06. The average molecular weight is 440 g/mol. The van der Waals surface area contributed by atoms with E-state index in [0.29, 0.717) is 35.2 Å². The monoisotopic (exact) mass is 439 g/mol. The fourth-order valence-electron chi connectivity index (χ4n) is 3.84. The SMILES string of the molecule is N#Cc1ccc(OC2CCC(NC(=O)c3ccc(N4CC(C=O)C4)nn3)CC2)cc1Cl. The van der Waals surface area contributed by atoms with Gasteiger partial charge in [-0.15, -0.1) is 10.2 Å². The first-order valence-electron chi connectivity index (χ1n) is 10.3. The molecule has 2 fully saturated rings. The molecule has 0 spiro atoms. The molecule has 1 aromatic carbocycles. The Balaban J connectivity index is 1.24. The Morgan fingerprint density at radius 3 is 2.58 bits per heavy atom. The fraction of sp³-hybridized carbons (Fsp3) is 0.409. The lowest BCUT2D eigenvalue weighted by atomic mass is 9.93. The molecule has 1 amide bonds. The van der Waals surface area contributed by atoms with Gasteiger partial charge < -0.3 is 19.7 Å². The summed E-state index contributed by atoms with van der Waals surface area (Å²) < 4.78 is 5.99. The van der Waals surface area contributed by atoms with Crippen LogP contribution in [0, 0.1) is 17.2 Å². The Hall–Kier alpha value is -3.18. The molecule has 160 valence electrons. The fourth-order valence-corrected chi connectivity index (χ4v) is 4.05. The molecule has 0 radical (unpaired) electrons. The molecule has 1 saturated heterocycles. The molecule has 9 heteroatoms. The van der Waals surface area contributed by atoms with E-state index >= 15 is 0 Å². The van der Waals surface area contributed by atoms with E-state index in [-0.39, 0.29) is 29.7 Å². The summed E-state index contributed by atoms with van der Waals surface area (Å²) in [6, 6.07) is 10.6. The van der Waals surface area contributed by atoms with Crippen molar-refractivity contribution in [3.8, 4) is 11.8 Å². The molecule has 1 saturated carbocycles. The first kappa shape index (κ1) is 21.1. The third-order valence-corrected chi connectivity index (χ3v) is 6.00. The second-order valence-electron chi connectivity index (χ2n) is 7.90. The lowest BCUT2D eigenvalue weighted by Gasteiger charge is -2.36. The number of nitrogens with zero attached hydrogens (tertiary/aromatic N) is 4. The van der Waals surface area contributed by atoms with Crippen molar-refractivity contribution in [3.05, 3.63) is 46.6 Å². The number of aldehydes is 1. The summed E-state index contributed by atoms with van der Waals surface area (Å²) in [5.74, 6) is 1.14. The number of hydrogen-bond donors (Lipinski definition) is 1. The van der Waals surface area contributed by atoms with Gasteiger partial charge in [-0.1, -0.05) is 11.6 Å². The Morgan fingerprint density at radius 2 is 1.97 bits per heavy atom. The smallest absolute Gasteiger partial charge is 0.272 e. The van der Waals surface area contributed by atoms with Gasteiger partial charge >= 0.3 is 0 Å². The molecule has 8 nitrogen and oxygen atoms in total. The molecule has 2 aliphatic rings. The van der Waals surface area contributed by atoms with E-state index in [1.54, 1.807) is 30.3 Å². The van der Waals surface area contributed by atoms with Crippen LogP contribution >= 0.6 is 11.6 Å². The lowest BCUT2D eigenvalue weighted by Crippen LogP contribution is -2.48. The molecule has 2 aromatic rings. The second kappa shape index (κ2) is 9.31. The normalized spacial score (nSPS) is 21.0. The van der Waals surface area contributed by atoms with Crippen LogP contribution in [0.1, 0.15) is 41.7 Å². The predicted octanol–water partition coefficient (Wildman–Crippen LogP) is 2.76. The molecule has 1 aliphatic heterocycles. The summed E-state index contributed by atoms with van der Waals surface area (Å²) in [7, 11) is 0. The molecule has 1 aliphatic carbocycles. The Morgan fingerprint density at radius 1 is 1.19 bits per heavy atom. The number of nitrogens with one attached hydrogen (secondary N) is 1. The van der Waals surface area contributed by atoms with Gasteiger partial charge in [-0.25, -0.2) is 0 Å². The van der Waals surface area contributed by atoms with Gasteiger partial charge in [-0.3, -0.25) is 4.79 Å². The molecule has 1 aromatic heterocycles. The van der Waals surface area contributed by atoms with Crippen LogP contribution in [0.2, 0.25) is 5.02 Å². The number of aromatic nitrogens is 2. The molecule has 1 N–H and O–H groups in total. The van der Waals surface area contributed by atoms with Crippen LogP contribution in [-0.2, 0) is 4.79 Å². The van der Waals surface area contributed by atoms with Gasteiger partial charge in [-0.05, 0) is 49.9 Å². The molecule has 0 bridgehead atoms. The third kappa shape index (κ3) is 4.94. The van der Waals surface area contributed by atoms with E-state index < -0.39 is 0 Å². The van der Waals surface area contributed by atoms with E-state index in [2.05, 4.69) is 15.5 Å². The highest BCUT2D eigenvalue weighted by atomic mass is 35.5. The first-order valence-corrected chi connectivity index (χ1v) is 10.6. The van der Waals surface area contributed by atoms with Gasteiger partial charge in [0.2, 0.25) is 0 Å². The Bertz CT molecular complexity index is 993. The second-order valence-corrected chi connectivity index (χ2v) is 8.30. The quantitative estimate of drug-likeness (QED) is 0.689. The Kier molecular flexibility index (Phi) is 6.33. The summed E-state index contributed by atoms with van der Waals surface area (Å²) in [6.45, 7) is 1.29. The van der Waals surface area contributed by atoms with E-state index in [0.717, 1.165) is 32.0 Å². The predicted molar refractivity (Wildman–Crippen MR) is 114 cm³/mol. The topological polar surface area (TPSA) is 108 Å². The average Bonchev–Trinajstić information content (AvgIpc) is 2.75. The molecule has 4 rings (SSSR count). The van der Waals surface area contributed by atoms with Gasteiger partial charge in [-0.2, -0.15) is 5.26 Å². The molecule has 31 heavy (non-hydrogen) atoms. The number of anilines is 1. The van der Waals surface area contributed by atoms with Gasteiger partial charge in [0.15, 0.2) is 11.5 Å². The van der Waals surface area contributed by atoms with Crippen LogP contribution in [0.15, 0.2) is 30.3 Å². The van der Waals surface area contributed by atoms with Crippen LogP contribution < -0.4 is 15.0 Å². The summed E-state index contributed by atoms with van der Waals surface area (Å²) in [5, 5.41) is 20.5. The summed E-state index contributed by atoms with van der Waals surface area (Å²) in [6.07, 6.45) is 4.20. The number of hydrogen-bond acceptors (Lipinski definition) is 7. The largest absolute Gasteiger partial charge is 0.490 e. The van der Waals surface area contributed by atoms with Crippen molar-refractivity contribution in [2.24, 2.45) is 5.92 Å². The molecular weight excluding hydrogens is 418 g/mol. The van der Waals surface area contributed by atoms with Gasteiger partial charge in [0, 0.05) is 31.1 Å². The maximum Gasteiger partial charge on any atom is 0.272 e. The van der Waals surface area contributed by atoms with Crippen molar-refractivity contribution in [1.29, 1.82) is 5.26 Å². The minimum absolute atomic E-state index is 0.0444. The van der Waals surface area contributed by atoms with Crippen molar-refractivity contribution >= 4 is 29.6 Å². The van der Waals surface area contributed by atoms with Crippen LogP contribution in [0.5, 0.6) is 5.75 Å². The molecule has 0 unspecified atom stereocenters. The number of carbonyl (C=O) groups is 2. The standard InChI is InChI=1S/C22H22ClN5O3/c23-19-9-18(4-1-15(19)10-24)31-17-5-2-16(3-6-17)25-22(30)20-7-8-21(27-26-20)28-11-14(12-28)13-29/h1,4,7-9,13-14,16-17H,2-3,5-6,11-12H2,(H,25,30). The molecule has 2 heterocycles. The van der Waals surface area contributed by atoms with Crippen LogP contribution in [0.4, 0.5) is 5.82 Å². The zero-order chi connectivity index (χ0) is 21.8. The summed E-state index contributed by atoms with van der Waals surface area (Å²) in [4.78, 5) is 25.2. The maximum absolute atomic E-state index is 12.5. The Labute approximate surface area is 185 Å². The number of nitriles is 1. The van der Waals surface area contributed by atoms with Crippen molar-refractivity contribution in [2.75, 3.05) is 18.0 Å². The van der Waals surface area contributed by atoms with Crippen molar-refractivity contribution in [1.82, 2.24) is 15.5 Å². The van der Waals surface area contributed by atoms with E-state index in [4.69, 9.17) is 21.6 Å². The van der Waals surface area contributed by atoms with E-state index in [1.807, 2.05) is 11.0 Å². The van der Waals surface area contributed by atoms with E-state index in [1.165, 1.54) is 0 Å². The zero-order valence-electron chi connectivity index (χ0n) is 16.8. The van der Waals surface area contributed by atoms with Crippen LogP contribution in [0.25, 0.3) is 0 Å². The summed E-state index contributed by atoms with van der Waals surface area (Å²) in [5.41, 5.74) is 0.702. The maximum atomic E-state index is 12.5. The lowest BCUT2D eigenvalue weighted by molar-refractivity contribution is -0.111.